The summed E-state index contributed by atoms with van der Waals surface area (Å²) in [6, 6.07) is -0.981. The van der Waals surface area contributed by atoms with Crippen LogP contribution in [0.15, 0.2) is 5.29 Å². The van der Waals surface area contributed by atoms with Crippen LogP contribution in [0.3, 0.4) is 0 Å². The maximum Gasteiger partial charge on any atom is 1.00 e. The van der Waals surface area contributed by atoms with Crippen molar-refractivity contribution in [1.29, 1.82) is 0 Å². The zero-order valence-corrected chi connectivity index (χ0v) is 5.34. The molecule has 0 amide bonds. The van der Waals surface area contributed by atoms with Crippen LogP contribution in [-0.4, -0.2) is 22.9 Å². The second-order valence-electron chi connectivity index (χ2n) is 1.29. The number of carboxylic acids is 1. The van der Waals surface area contributed by atoms with Gasteiger partial charge < -0.3 is 5.11 Å². The number of hydrogen-bond acceptors (Lipinski definition) is 4. The number of thiol groups is 1. The monoisotopic (exact) mass is 151 g/mol. The molecule has 0 spiro atoms. The highest BCUT2D eigenvalue weighted by atomic mass is 32.1. The summed E-state index contributed by atoms with van der Waals surface area (Å²) < 4.78 is 0. The van der Waals surface area contributed by atoms with Crippen LogP contribution in [0.5, 0.6) is 0 Å². The van der Waals surface area contributed by atoms with Gasteiger partial charge in [-0.15, -0.1) is 4.91 Å². The predicted octanol–water partition coefficient (Wildman–Crippen LogP) is -0.247. The Morgan fingerprint density at radius 1 is 2.00 bits per heavy atom. The SMILES string of the molecule is O=NN[C@H](CS)C(=O)O.[H+]. The third-order valence-corrected chi connectivity index (χ3v) is 1.05. The van der Waals surface area contributed by atoms with Crippen LogP contribution in [-0.2, 0) is 4.79 Å². The van der Waals surface area contributed by atoms with E-state index in [1.165, 1.54) is 0 Å². The average molecular weight is 151 g/mol. The van der Waals surface area contributed by atoms with Gasteiger partial charge in [-0.1, -0.05) is 0 Å². The first kappa shape index (κ1) is 8.22. The first-order valence-electron chi connectivity index (χ1n) is 2.14. The van der Waals surface area contributed by atoms with Crippen LogP contribution in [0.1, 0.15) is 1.43 Å². The lowest BCUT2D eigenvalue weighted by Gasteiger charge is -2.03. The van der Waals surface area contributed by atoms with E-state index >= 15 is 0 Å². The molecule has 1 atom stereocenters. The molecule has 5 nitrogen and oxygen atoms in total. The molecule has 0 aromatic carbocycles. The summed E-state index contributed by atoms with van der Waals surface area (Å²) >= 11 is 3.65. The first-order valence-corrected chi connectivity index (χ1v) is 2.77. The second-order valence-corrected chi connectivity index (χ2v) is 1.66. The van der Waals surface area contributed by atoms with Gasteiger partial charge in [-0.2, -0.15) is 12.6 Å². The molecule has 0 heterocycles. The van der Waals surface area contributed by atoms with E-state index in [0.29, 0.717) is 0 Å². The maximum absolute atomic E-state index is 10.0. The standard InChI is InChI=1S/C3H6N2O3S/c6-3(7)2(1-9)4-5-8/h2,9H,1H2,(H,4,8)(H,6,7)/p+1/t2-/m1/s1. The third kappa shape index (κ3) is 2.91. The number of hydrogen-bond donors (Lipinski definition) is 3. The van der Waals surface area contributed by atoms with Gasteiger partial charge in [-0.25, -0.2) is 4.79 Å². The highest BCUT2D eigenvalue weighted by Crippen LogP contribution is 1.86. The Morgan fingerprint density at radius 2 is 2.56 bits per heavy atom. The van der Waals surface area contributed by atoms with E-state index in [4.69, 9.17) is 5.11 Å². The molecular weight excluding hydrogens is 144 g/mol. The molecule has 0 aromatic heterocycles. The minimum absolute atomic E-state index is 0. The number of nitrogens with one attached hydrogen (secondary N) is 1. The van der Waals surface area contributed by atoms with Crippen LogP contribution >= 0.6 is 12.6 Å². The van der Waals surface area contributed by atoms with Crippen molar-refractivity contribution in [2.45, 2.75) is 6.04 Å². The van der Waals surface area contributed by atoms with Gasteiger partial charge in [0.15, 0.2) is 6.04 Å². The number of carboxylic acid groups (broad SMARTS) is 1. The van der Waals surface area contributed by atoms with Crippen LogP contribution in [0, 0.1) is 4.91 Å². The number of nitroso groups, excluding NO2 is 1. The minimum atomic E-state index is -1.13. The number of nitrogens with zero attached hydrogens (tertiary/aromatic N) is 1. The molecule has 0 aliphatic rings. The van der Waals surface area contributed by atoms with Crippen LogP contribution in [0.4, 0.5) is 0 Å². The van der Waals surface area contributed by atoms with Gasteiger partial charge in [0.05, 0.1) is 5.29 Å². The molecule has 0 fully saturated rings. The Kier molecular flexibility index (Phi) is 3.78. The molecular formula is C3H7N2O3S+. The smallest absolute Gasteiger partial charge is 0.480 e. The quantitative estimate of drug-likeness (QED) is 0.294. The van der Waals surface area contributed by atoms with E-state index < -0.39 is 12.0 Å². The van der Waals surface area contributed by atoms with Gasteiger partial charge >= 0.3 is 7.40 Å². The van der Waals surface area contributed by atoms with Crippen molar-refractivity contribution in [1.82, 2.24) is 5.43 Å². The highest BCUT2D eigenvalue weighted by Gasteiger charge is 2.13. The van der Waals surface area contributed by atoms with Crippen molar-refractivity contribution in [3.05, 3.63) is 4.91 Å². The summed E-state index contributed by atoms with van der Waals surface area (Å²) in [5, 5.41) is 10.4. The molecule has 52 valence electrons. The first-order chi connectivity index (χ1) is 4.22. The molecule has 0 unspecified atom stereocenters. The zero-order chi connectivity index (χ0) is 7.28. The summed E-state index contributed by atoms with van der Waals surface area (Å²) in [5.74, 6) is -1.09. The van der Waals surface area contributed by atoms with Gasteiger partial charge in [-0.05, 0) is 0 Å². The molecule has 0 bridgehead atoms. The Morgan fingerprint density at radius 3 is 2.67 bits per heavy atom. The third-order valence-electron chi connectivity index (χ3n) is 0.689. The van der Waals surface area contributed by atoms with Crippen molar-refractivity contribution < 1.29 is 11.3 Å². The summed E-state index contributed by atoms with van der Waals surface area (Å²) in [4.78, 5) is 19.4. The summed E-state index contributed by atoms with van der Waals surface area (Å²) in [6.07, 6.45) is 0. The largest absolute Gasteiger partial charge is 1.00 e. The topological polar surface area (TPSA) is 78.8 Å². The van der Waals surface area contributed by atoms with Gasteiger partial charge in [0, 0.05) is 5.75 Å². The van der Waals surface area contributed by atoms with E-state index in [1.807, 2.05) is 5.43 Å². The number of carbonyl (C=O) groups is 1. The van der Waals surface area contributed by atoms with E-state index in [2.05, 4.69) is 17.9 Å². The Balaban J connectivity index is 0. The molecule has 6 heteroatoms. The fourth-order valence-corrected chi connectivity index (χ4v) is 0.476. The maximum atomic E-state index is 10.0. The lowest BCUT2D eigenvalue weighted by molar-refractivity contribution is -0.138. The fraction of sp³-hybridized carbons (Fsp3) is 0.667. The van der Waals surface area contributed by atoms with Crippen molar-refractivity contribution in [2.24, 2.45) is 5.29 Å². The Bertz CT molecular complexity index is 122. The number of rotatable bonds is 4. The van der Waals surface area contributed by atoms with Gasteiger partial charge in [-0.3, -0.25) is 5.43 Å². The fourth-order valence-electron chi connectivity index (χ4n) is 0.238. The van der Waals surface area contributed by atoms with Crippen molar-refractivity contribution in [3.63, 3.8) is 0 Å². The molecule has 0 saturated heterocycles. The predicted molar refractivity (Wildman–Crippen MR) is 35.3 cm³/mol. The lowest BCUT2D eigenvalue weighted by atomic mass is 10.4. The zero-order valence-electron chi connectivity index (χ0n) is 5.44. The van der Waals surface area contributed by atoms with Crippen LogP contribution < -0.4 is 5.43 Å². The summed E-state index contributed by atoms with van der Waals surface area (Å²) in [5.41, 5.74) is 1.83. The average Bonchev–Trinajstić information content (AvgIpc) is 1.82. The number of aliphatic carboxylic acids is 1. The molecule has 0 radical (unpaired) electrons. The molecule has 2 N–H and O–H groups in total. The van der Waals surface area contributed by atoms with Gasteiger partial charge in [0.25, 0.3) is 0 Å². The van der Waals surface area contributed by atoms with Gasteiger partial charge in [0.1, 0.15) is 0 Å². The highest BCUT2D eigenvalue weighted by molar-refractivity contribution is 7.80. The Hall–Kier alpha value is -0.780. The van der Waals surface area contributed by atoms with Crippen LogP contribution in [0.2, 0.25) is 0 Å². The van der Waals surface area contributed by atoms with E-state index in [0.717, 1.165) is 0 Å². The van der Waals surface area contributed by atoms with Crippen molar-refractivity contribution in [3.8, 4) is 0 Å². The second kappa shape index (κ2) is 4.13. The molecule has 0 aromatic rings. The van der Waals surface area contributed by atoms with Crippen molar-refractivity contribution >= 4 is 18.6 Å². The van der Waals surface area contributed by atoms with E-state index in [-0.39, 0.29) is 7.18 Å². The normalized spacial score (nSPS) is 12.1. The van der Waals surface area contributed by atoms with Crippen LogP contribution in [0.25, 0.3) is 0 Å². The summed E-state index contributed by atoms with van der Waals surface area (Å²) in [6.45, 7) is 0. The molecule has 9 heavy (non-hydrogen) atoms. The Labute approximate surface area is 58.3 Å². The summed E-state index contributed by atoms with van der Waals surface area (Å²) in [7, 11) is 0. The molecule has 0 aliphatic carbocycles. The van der Waals surface area contributed by atoms with E-state index in [1.54, 1.807) is 0 Å². The molecule has 0 saturated carbocycles. The lowest BCUT2D eigenvalue weighted by Crippen LogP contribution is -2.34. The molecule has 0 aliphatic heterocycles. The van der Waals surface area contributed by atoms with Crippen molar-refractivity contribution in [2.75, 3.05) is 5.75 Å². The molecule has 0 rings (SSSR count). The van der Waals surface area contributed by atoms with Gasteiger partial charge in [0.2, 0.25) is 0 Å². The minimum Gasteiger partial charge on any atom is -0.480 e. The van der Waals surface area contributed by atoms with E-state index in [9.17, 15) is 9.70 Å².